The normalized spacial score (nSPS) is 9.90. The summed E-state index contributed by atoms with van der Waals surface area (Å²) in [5.74, 6) is -0.189. The lowest BCUT2D eigenvalue weighted by Gasteiger charge is -2.07. The molecule has 2 amide bonds. The lowest BCUT2D eigenvalue weighted by Crippen LogP contribution is -2.29. The van der Waals surface area contributed by atoms with Gasteiger partial charge in [-0.3, -0.25) is 4.79 Å². The number of unbranched alkanes of at least 4 members (excludes halogenated alkanes) is 2. The molecule has 0 atom stereocenters. The van der Waals surface area contributed by atoms with Gasteiger partial charge in [0.25, 0.3) is 0 Å². The molecule has 0 heterocycles. The Morgan fingerprint density at radius 2 is 1.85 bits per heavy atom. The fourth-order valence-corrected chi connectivity index (χ4v) is 1.85. The summed E-state index contributed by atoms with van der Waals surface area (Å²) in [5, 5.41) is 5.51. The van der Waals surface area contributed by atoms with Crippen LogP contribution in [0.5, 0.6) is 0 Å². The average Bonchev–Trinajstić information content (AvgIpc) is 2.44. The maximum absolute atomic E-state index is 11.6. The smallest absolute Gasteiger partial charge is 0.319 e. The zero-order valence-corrected chi connectivity index (χ0v) is 13.0. The number of amides is 2. The number of hydrogen-bond donors (Lipinski definition) is 2. The van der Waals surface area contributed by atoms with Crippen molar-refractivity contribution in [3.05, 3.63) is 28.7 Å². The Morgan fingerprint density at radius 3 is 2.50 bits per heavy atom. The van der Waals surface area contributed by atoms with E-state index in [1.54, 1.807) is 0 Å². The van der Waals surface area contributed by atoms with Gasteiger partial charge in [0, 0.05) is 23.1 Å². The van der Waals surface area contributed by atoms with Crippen molar-refractivity contribution in [3.63, 3.8) is 0 Å². The first-order valence-corrected chi connectivity index (χ1v) is 7.28. The number of urea groups is 1. The fourth-order valence-electron chi connectivity index (χ4n) is 1.58. The molecule has 2 N–H and O–H groups in total. The van der Waals surface area contributed by atoms with E-state index in [4.69, 9.17) is 0 Å². The number of hydrogen-bond acceptors (Lipinski definition) is 3. The van der Waals surface area contributed by atoms with Crippen LogP contribution >= 0.6 is 15.9 Å². The van der Waals surface area contributed by atoms with Crippen molar-refractivity contribution in [1.29, 1.82) is 0 Å². The predicted molar refractivity (Wildman–Crippen MR) is 81.6 cm³/mol. The average molecular weight is 343 g/mol. The molecule has 0 radical (unpaired) electrons. The van der Waals surface area contributed by atoms with Crippen LogP contribution in [0.2, 0.25) is 0 Å². The SMILES string of the molecule is COC(=O)CCCCCNC(=O)Nc1ccc(Br)cc1. The molecule has 1 aromatic carbocycles. The number of nitrogens with one attached hydrogen (secondary N) is 2. The molecule has 0 aliphatic heterocycles. The first-order valence-electron chi connectivity index (χ1n) is 6.49. The summed E-state index contributed by atoms with van der Waals surface area (Å²) in [6, 6.07) is 7.14. The molecule has 0 unspecified atom stereocenters. The zero-order valence-electron chi connectivity index (χ0n) is 11.4. The second-order valence-corrected chi connectivity index (χ2v) is 5.19. The molecular formula is C14H19BrN2O3. The molecule has 0 spiro atoms. The third kappa shape index (κ3) is 7.13. The molecule has 6 heteroatoms. The van der Waals surface area contributed by atoms with Crippen molar-refractivity contribution >= 4 is 33.6 Å². The summed E-state index contributed by atoms with van der Waals surface area (Å²) in [6.07, 6.45) is 2.93. The van der Waals surface area contributed by atoms with Gasteiger partial charge in [-0.15, -0.1) is 0 Å². The van der Waals surface area contributed by atoms with Crippen LogP contribution in [0.4, 0.5) is 10.5 Å². The number of rotatable bonds is 7. The van der Waals surface area contributed by atoms with Crippen molar-refractivity contribution in [1.82, 2.24) is 5.32 Å². The van der Waals surface area contributed by atoms with Gasteiger partial charge in [0.2, 0.25) is 0 Å². The molecule has 0 fully saturated rings. The maximum atomic E-state index is 11.6. The van der Waals surface area contributed by atoms with E-state index in [1.165, 1.54) is 7.11 Å². The maximum Gasteiger partial charge on any atom is 0.319 e. The van der Waals surface area contributed by atoms with E-state index in [0.29, 0.717) is 13.0 Å². The highest BCUT2D eigenvalue weighted by molar-refractivity contribution is 9.10. The number of carbonyl (C=O) groups is 2. The third-order valence-electron chi connectivity index (χ3n) is 2.67. The Labute approximate surface area is 127 Å². The van der Waals surface area contributed by atoms with Gasteiger partial charge < -0.3 is 15.4 Å². The van der Waals surface area contributed by atoms with Crippen molar-refractivity contribution in [2.45, 2.75) is 25.7 Å². The topological polar surface area (TPSA) is 67.4 Å². The monoisotopic (exact) mass is 342 g/mol. The van der Waals surface area contributed by atoms with Crippen molar-refractivity contribution in [3.8, 4) is 0 Å². The van der Waals surface area contributed by atoms with Gasteiger partial charge in [-0.1, -0.05) is 22.4 Å². The van der Waals surface area contributed by atoms with Crippen LogP contribution in [0, 0.1) is 0 Å². The number of benzene rings is 1. The van der Waals surface area contributed by atoms with Crippen molar-refractivity contribution in [2.75, 3.05) is 19.0 Å². The summed E-state index contributed by atoms with van der Waals surface area (Å²) in [7, 11) is 1.39. The number of esters is 1. The van der Waals surface area contributed by atoms with Crippen LogP contribution in [-0.2, 0) is 9.53 Å². The van der Waals surface area contributed by atoms with Crippen molar-refractivity contribution < 1.29 is 14.3 Å². The molecule has 1 rings (SSSR count). The molecule has 1 aromatic rings. The Bertz CT molecular complexity index is 435. The quantitative estimate of drug-likeness (QED) is 0.590. The lowest BCUT2D eigenvalue weighted by molar-refractivity contribution is -0.140. The number of carbonyl (C=O) groups excluding carboxylic acids is 2. The summed E-state index contributed by atoms with van der Waals surface area (Å²) < 4.78 is 5.51. The minimum Gasteiger partial charge on any atom is -0.469 e. The first kappa shape index (κ1) is 16.5. The van der Waals surface area contributed by atoms with E-state index in [-0.39, 0.29) is 12.0 Å². The van der Waals surface area contributed by atoms with Gasteiger partial charge in [-0.25, -0.2) is 4.79 Å². The van der Waals surface area contributed by atoms with Crippen LogP contribution in [0.25, 0.3) is 0 Å². The van der Waals surface area contributed by atoms with Gasteiger partial charge in [0.1, 0.15) is 0 Å². The molecule has 0 aliphatic carbocycles. The summed E-state index contributed by atoms with van der Waals surface area (Å²) in [4.78, 5) is 22.5. The Kier molecular flexibility index (Phi) is 7.72. The molecule has 5 nitrogen and oxygen atoms in total. The minimum atomic E-state index is -0.222. The second kappa shape index (κ2) is 9.36. The highest BCUT2D eigenvalue weighted by Crippen LogP contribution is 2.13. The predicted octanol–water partition coefficient (Wildman–Crippen LogP) is 3.30. The van der Waals surface area contributed by atoms with Gasteiger partial charge in [-0.2, -0.15) is 0 Å². The van der Waals surface area contributed by atoms with E-state index < -0.39 is 0 Å². The molecule has 0 saturated carbocycles. The van der Waals surface area contributed by atoms with E-state index in [9.17, 15) is 9.59 Å². The summed E-state index contributed by atoms with van der Waals surface area (Å²) in [6.45, 7) is 0.587. The molecule has 20 heavy (non-hydrogen) atoms. The Morgan fingerprint density at radius 1 is 1.15 bits per heavy atom. The lowest BCUT2D eigenvalue weighted by atomic mass is 10.2. The largest absolute Gasteiger partial charge is 0.469 e. The highest BCUT2D eigenvalue weighted by Gasteiger charge is 2.02. The Balaban J connectivity index is 2.08. The number of anilines is 1. The van der Waals surface area contributed by atoms with Crippen LogP contribution in [0.1, 0.15) is 25.7 Å². The third-order valence-corrected chi connectivity index (χ3v) is 3.20. The molecule has 0 aromatic heterocycles. The van der Waals surface area contributed by atoms with Gasteiger partial charge >= 0.3 is 12.0 Å². The highest BCUT2D eigenvalue weighted by atomic mass is 79.9. The first-order chi connectivity index (χ1) is 9.61. The summed E-state index contributed by atoms with van der Waals surface area (Å²) >= 11 is 3.33. The van der Waals surface area contributed by atoms with E-state index in [0.717, 1.165) is 29.4 Å². The standard InChI is InChI=1S/C14H19BrN2O3/c1-20-13(18)5-3-2-4-10-16-14(19)17-12-8-6-11(15)7-9-12/h6-9H,2-5,10H2,1H3,(H2,16,17,19). The van der Waals surface area contributed by atoms with Crippen LogP contribution in [-0.4, -0.2) is 25.7 Å². The fraction of sp³-hybridized carbons (Fsp3) is 0.429. The van der Waals surface area contributed by atoms with Gasteiger partial charge in [0.15, 0.2) is 0 Å². The molecule has 0 aliphatic rings. The van der Waals surface area contributed by atoms with E-state index in [1.807, 2.05) is 24.3 Å². The van der Waals surface area contributed by atoms with Gasteiger partial charge in [-0.05, 0) is 37.1 Å². The van der Waals surface area contributed by atoms with Gasteiger partial charge in [0.05, 0.1) is 7.11 Å². The van der Waals surface area contributed by atoms with E-state index in [2.05, 4.69) is 31.3 Å². The second-order valence-electron chi connectivity index (χ2n) is 4.27. The van der Waals surface area contributed by atoms with Crippen LogP contribution < -0.4 is 10.6 Å². The molecule has 0 saturated heterocycles. The molecule has 0 bridgehead atoms. The van der Waals surface area contributed by atoms with Crippen molar-refractivity contribution in [2.24, 2.45) is 0 Å². The van der Waals surface area contributed by atoms with E-state index >= 15 is 0 Å². The van der Waals surface area contributed by atoms with Crippen LogP contribution in [0.15, 0.2) is 28.7 Å². The number of ether oxygens (including phenoxy) is 1. The van der Waals surface area contributed by atoms with Crippen LogP contribution in [0.3, 0.4) is 0 Å². The molecular weight excluding hydrogens is 324 g/mol. The Hall–Kier alpha value is -1.56. The molecule has 110 valence electrons. The number of methoxy groups -OCH3 is 1. The minimum absolute atomic E-state index is 0.189. The zero-order chi connectivity index (χ0) is 14.8. The summed E-state index contributed by atoms with van der Waals surface area (Å²) in [5.41, 5.74) is 0.747. The number of halogens is 1.